The number of carbonyl (C=O) groups excluding carboxylic acids is 3. The van der Waals surface area contributed by atoms with Gasteiger partial charge in [0.15, 0.2) is 0 Å². The van der Waals surface area contributed by atoms with Crippen LogP contribution in [-0.2, 0) is 14.4 Å². The molecule has 7 heteroatoms. The van der Waals surface area contributed by atoms with Crippen LogP contribution >= 0.6 is 11.6 Å². The maximum atomic E-state index is 12.4. The standard InChI is InChI=1S/C20H26ClN3O3/c21-16-6-4-7-17(13-16)24-14-15(12-19(24)26)20(27)22-9-5-11-23-10-3-1-2-8-18(23)25/h4,6-7,13,15H,1-3,5,8-12,14H2,(H,22,27). The number of hydrogen-bond acceptors (Lipinski definition) is 3. The van der Waals surface area contributed by atoms with E-state index in [1.807, 2.05) is 11.0 Å². The van der Waals surface area contributed by atoms with Gasteiger partial charge in [0.25, 0.3) is 0 Å². The monoisotopic (exact) mass is 391 g/mol. The van der Waals surface area contributed by atoms with Crippen LogP contribution in [0.5, 0.6) is 0 Å². The van der Waals surface area contributed by atoms with Crippen LogP contribution in [0.15, 0.2) is 24.3 Å². The molecule has 1 aromatic carbocycles. The van der Waals surface area contributed by atoms with E-state index in [1.54, 1.807) is 23.1 Å². The zero-order valence-electron chi connectivity index (χ0n) is 15.5. The highest BCUT2D eigenvalue weighted by Crippen LogP contribution is 2.27. The molecule has 3 amide bonds. The van der Waals surface area contributed by atoms with E-state index in [-0.39, 0.29) is 30.1 Å². The van der Waals surface area contributed by atoms with Gasteiger partial charge < -0.3 is 15.1 Å². The highest BCUT2D eigenvalue weighted by atomic mass is 35.5. The fourth-order valence-electron chi connectivity index (χ4n) is 3.68. The quantitative estimate of drug-likeness (QED) is 0.758. The van der Waals surface area contributed by atoms with E-state index in [0.29, 0.717) is 31.1 Å². The predicted molar refractivity (Wildman–Crippen MR) is 105 cm³/mol. The molecule has 0 bridgehead atoms. The molecular weight excluding hydrogens is 366 g/mol. The fraction of sp³-hybridized carbons (Fsp3) is 0.550. The number of nitrogens with one attached hydrogen (secondary N) is 1. The summed E-state index contributed by atoms with van der Waals surface area (Å²) in [7, 11) is 0. The van der Waals surface area contributed by atoms with Crippen molar-refractivity contribution in [3.8, 4) is 0 Å². The summed E-state index contributed by atoms with van der Waals surface area (Å²) in [5, 5.41) is 3.48. The summed E-state index contributed by atoms with van der Waals surface area (Å²) >= 11 is 5.99. The summed E-state index contributed by atoms with van der Waals surface area (Å²) < 4.78 is 0. The molecule has 1 atom stereocenters. The summed E-state index contributed by atoms with van der Waals surface area (Å²) in [4.78, 5) is 40.2. The predicted octanol–water partition coefficient (Wildman–Crippen LogP) is 2.60. The first-order valence-electron chi connectivity index (χ1n) is 9.66. The second kappa shape index (κ2) is 9.22. The Hall–Kier alpha value is -2.08. The number of amides is 3. The van der Waals surface area contributed by atoms with Gasteiger partial charge in [0, 0.05) is 49.7 Å². The van der Waals surface area contributed by atoms with Gasteiger partial charge in [0.05, 0.1) is 5.92 Å². The van der Waals surface area contributed by atoms with Crippen molar-refractivity contribution in [1.29, 1.82) is 0 Å². The van der Waals surface area contributed by atoms with Crippen molar-refractivity contribution in [3.63, 3.8) is 0 Å². The smallest absolute Gasteiger partial charge is 0.227 e. The van der Waals surface area contributed by atoms with Crippen LogP contribution in [-0.4, -0.2) is 48.8 Å². The molecule has 1 aromatic rings. The number of halogens is 1. The van der Waals surface area contributed by atoms with Gasteiger partial charge in [-0.15, -0.1) is 0 Å². The Labute approximate surface area is 164 Å². The molecule has 0 radical (unpaired) electrons. The molecule has 0 aromatic heterocycles. The van der Waals surface area contributed by atoms with Gasteiger partial charge in [-0.2, -0.15) is 0 Å². The van der Waals surface area contributed by atoms with Crippen LogP contribution in [0.2, 0.25) is 5.02 Å². The lowest BCUT2D eigenvalue weighted by atomic mass is 10.1. The van der Waals surface area contributed by atoms with E-state index < -0.39 is 0 Å². The first-order valence-corrected chi connectivity index (χ1v) is 10.0. The number of benzene rings is 1. The molecule has 0 spiro atoms. The van der Waals surface area contributed by atoms with E-state index in [9.17, 15) is 14.4 Å². The number of carbonyl (C=O) groups is 3. The molecule has 0 aliphatic carbocycles. The summed E-state index contributed by atoms with van der Waals surface area (Å²) in [6.07, 6.45) is 4.72. The van der Waals surface area contributed by atoms with E-state index in [1.165, 1.54) is 0 Å². The van der Waals surface area contributed by atoms with Crippen molar-refractivity contribution in [1.82, 2.24) is 10.2 Å². The molecule has 2 aliphatic rings. The summed E-state index contributed by atoms with van der Waals surface area (Å²) in [5.74, 6) is -0.295. The first kappa shape index (κ1) is 19.7. The molecule has 1 unspecified atom stereocenters. The van der Waals surface area contributed by atoms with E-state index in [0.717, 1.165) is 37.9 Å². The lowest BCUT2D eigenvalue weighted by Gasteiger charge is -2.20. The van der Waals surface area contributed by atoms with Gasteiger partial charge in [-0.25, -0.2) is 0 Å². The normalized spacial score (nSPS) is 20.7. The second-order valence-corrected chi connectivity index (χ2v) is 7.66. The van der Waals surface area contributed by atoms with E-state index >= 15 is 0 Å². The third-order valence-corrected chi connectivity index (χ3v) is 5.43. The molecular formula is C20H26ClN3O3. The van der Waals surface area contributed by atoms with Gasteiger partial charge in [-0.1, -0.05) is 24.1 Å². The third-order valence-electron chi connectivity index (χ3n) is 5.19. The van der Waals surface area contributed by atoms with Crippen LogP contribution in [0.1, 0.15) is 38.5 Å². The molecule has 0 saturated carbocycles. The number of rotatable bonds is 6. The van der Waals surface area contributed by atoms with Crippen LogP contribution in [0.3, 0.4) is 0 Å². The first-order chi connectivity index (χ1) is 13.0. The van der Waals surface area contributed by atoms with E-state index in [2.05, 4.69) is 5.32 Å². The Morgan fingerprint density at radius 3 is 2.85 bits per heavy atom. The molecule has 2 saturated heterocycles. The van der Waals surface area contributed by atoms with Crippen LogP contribution in [0.4, 0.5) is 5.69 Å². The zero-order chi connectivity index (χ0) is 19.2. The molecule has 2 heterocycles. The topological polar surface area (TPSA) is 69.7 Å². The van der Waals surface area contributed by atoms with Crippen molar-refractivity contribution in [2.24, 2.45) is 5.92 Å². The average Bonchev–Trinajstić information content (AvgIpc) is 2.92. The Morgan fingerprint density at radius 2 is 2.04 bits per heavy atom. The molecule has 27 heavy (non-hydrogen) atoms. The van der Waals surface area contributed by atoms with Crippen molar-refractivity contribution >= 4 is 35.0 Å². The van der Waals surface area contributed by atoms with E-state index in [4.69, 9.17) is 11.6 Å². The lowest BCUT2D eigenvalue weighted by molar-refractivity contribution is -0.130. The Bertz CT molecular complexity index is 709. The number of hydrogen-bond donors (Lipinski definition) is 1. The Kier molecular flexibility index (Phi) is 6.72. The lowest BCUT2D eigenvalue weighted by Crippen LogP contribution is -2.36. The van der Waals surface area contributed by atoms with Crippen molar-refractivity contribution < 1.29 is 14.4 Å². The maximum absolute atomic E-state index is 12.4. The molecule has 2 aliphatic heterocycles. The van der Waals surface area contributed by atoms with Crippen molar-refractivity contribution in [2.75, 3.05) is 31.1 Å². The summed E-state index contributed by atoms with van der Waals surface area (Å²) in [6.45, 7) is 2.38. The highest BCUT2D eigenvalue weighted by Gasteiger charge is 2.35. The maximum Gasteiger partial charge on any atom is 0.227 e. The van der Waals surface area contributed by atoms with Crippen LogP contribution in [0, 0.1) is 5.92 Å². The third kappa shape index (κ3) is 5.22. The Balaban J connectivity index is 1.43. The molecule has 2 fully saturated rings. The number of anilines is 1. The molecule has 1 N–H and O–H groups in total. The molecule has 6 nitrogen and oxygen atoms in total. The molecule has 146 valence electrons. The van der Waals surface area contributed by atoms with Crippen molar-refractivity contribution in [3.05, 3.63) is 29.3 Å². The largest absolute Gasteiger partial charge is 0.356 e. The Morgan fingerprint density at radius 1 is 1.19 bits per heavy atom. The van der Waals surface area contributed by atoms with Gasteiger partial charge >= 0.3 is 0 Å². The number of nitrogens with zero attached hydrogens (tertiary/aromatic N) is 2. The van der Waals surface area contributed by atoms with Gasteiger partial charge in [0.1, 0.15) is 0 Å². The summed E-state index contributed by atoms with van der Waals surface area (Å²) in [6, 6.07) is 7.10. The van der Waals surface area contributed by atoms with Gasteiger partial charge in [-0.05, 0) is 37.5 Å². The highest BCUT2D eigenvalue weighted by molar-refractivity contribution is 6.31. The van der Waals surface area contributed by atoms with Gasteiger partial charge in [-0.3, -0.25) is 14.4 Å². The van der Waals surface area contributed by atoms with Crippen LogP contribution < -0.4 is 10.2 Å². The van der Waals surface area contributed by atoms with Crippen molar-refractivity contribution in [2.45, 2.75) is 38.5 Å². The number of likely N-dealkylation sites (tertiary alicyclic amines) is 1. The average molecular weight is 392 g/mol. The second-order valence-electron chi connectivity index (χ2n) is 7.22. The molecule has 3 rings (SSSR count). The summed E-state index contributed by atoms with van der Waals surface area (Å²) in [5.41, 5.74) is 0.725. The fourth-order valence-corrected chi connectivity index (χ4v) is 3.86. The SMILES string of the molecule is O=C(NCCCN1CCCCCC1=O)C1CC(=O)N(c2cccc(Cl)c2)C1. The minimum atomic E-state index is -0.351. The van der Waals surface area contributed by atoms with Gasteiger partial charge in [0.2, 0.25) is 17.7 Å². The minimum absolute atomic E-state index is 0.0624. The van der Waals surface area contributed by atoms with Crippen LogP contribution in [0.25, 0.3) is 0 Å². The zero-order valence-corrected chi connectivity index (χ0v) is 16.2. The minimum Gasteiger partial charge on any atom is -0.356 e.